The van der Waals surface area contributed by atoms with Crippen molar-refractivity contribution >= 4 is 23.5 Å². The number of hydrogen-bond acceptors (Lipinski definition) is 3. The highest BCUT2D eigenvalue weighted by molar-refractivity contribution is 6.13. The van der Waals surface area contributed by atoms with Crippen LogP contribution < -0.4 is 4.90 Å². The van der Waals surface area contributed by atoms with Gasteiger partial charge >= 0.3 is 5.97 Å². The summed E-state index contributed by atoms with van der Waals surface area (Å²) in [7, 11) is 0. The van der Waals surface area contributed by atoms with Crippen LogP contribution in [0.5, 0.6) is 0 Å². The van der Waals surface area contributed by atoms with Crippen molar-refractivity contribution in [3.8, 4) is 0 Å². The Bertz CT molecular complexity index is 479. The Morgan fingerprint density at radius 2 is 1.58 bits per heavy atom. The topological polar surface area (TPSA) is 74.7 Å². The number of carbonyl (C=O) groups is 3. The van der Waals surface area contributed by atoms with Gasteiger partial charge in [0.25, 0.3) is 0 Å². The number of carboxylic acid groups (broad SMARTS) is 1. The second kappa shape index (κ2) is 6.13. The summed E-state index contributed by atoms with van der Waals surface area (Å²) in [4.78, 5) is 34.6. The second-order valence-electron chi connectivity index (χ2n) is 4.48. The van der Waals surface area contributed by atoms with Crippen molar-refractivity contribution in [2.24, 2.45) is 5.92 Å². The van der Waals surface area contributed by atoms with Crippen molar-refractivity contribution in [1.29, 1.82) is 0 Å². The van der Waals surface area contributed by atoms with E-state index >= 15 is 0 Å². The van der Waals surface area contributed by atoms with Gasteiger partial charge in [0.1, 0.15) is 0 Å². The van der Waals surface area contributed by atoms with Gasteiger partial charge in [-0.3, -0.25) is 19.3 Å². The van der Waals surface area contributed by atoms with Gasteiger partial charge < -0.3 is 5.11 Å². The molecule has 0 saturated heterocycles. The summed E-state index contributed by atoms with van der Waals surface area (Å²) in [6.45, 7) is 4.28. The molecule has 2 amide bonds. The molecule has 5 heteroatoms. The molecule has 0 saturated carbocycles. The van der Waals surface area contributed by atoms with Crippen LogP contribution in [0.3, 0.4) is 0 Å². The predicted molar refractivity (Wildman–Crippen MR) is 70.8 cm³/mol. The van der Waals surface area contributed by atoms with Crippen molar-refractivity contribution in [1.82, 2.24) is 0 Å². The monoisotopic (exact) mass is 263 g/mol. The first kappa shape index (κ1) is 14.9. The molecule has 0 aliphatic heterocycles. The van der Waals surface area contributed by atoms with Crippen LogP contribution in [0, 0.1) is 5.92 Å². The third-order valence-electron chi connectivity index (χ3n) is 2.79. The first-order valence-corrected chi connectivity index (χ1v) is 5.96. The molecule has 1 rings (SSSR count). The Balaban J connectivity index is 2.89. The van der Waals surface area contributed by atoms with E-state index in [0.717, 1.165) is 10.5 Å². The van der Waals surface area contributed by atoms with Crippen LogP contribution in [0.2, 0.25) is 0 Å². The molecule has 1 aromatic rings. The van der Waals surface area contributed by atoms with E-state index in [9.17, 15) is 14.4 Å². The minimum absolute atomic E-state index is 0.348. The molecule has 0 aromatic heterocycles. The number of aliphatic carboxylic acids is 1. The van der Waals surface area contributed by atoms with Crippen LogP contribution >= 0.6 is 0 Å². The molecule has 102 valence electrons. The van der Waals surface area contributed by atoms with Gasteiger partial charge in [-0.15, -0.1) is 0 Å². The minimum Gasteiger partial charge on any atom is -0.481 e. The van der Waals surface area contributed by atoms with E-state index in [1.165, 1.54) is 13.8 Å². The van der Waals surface area contributed by atoms with E-state index in [1.54, 1.807) is 31.2 Å². The van der Waals surface area contributed by atoms with Gasteiger partial charge in [-0.2, -0.15) is 0 Å². The van der Waals surface area contributed by atoms with Crippen LogP contribution in [0.1, 0.15) is 26.3 Å². The van der Waals surface area contributed by atoms with Crippen LogP contribution in [0.25, 0.3) is 0 Å². The normalized spacial score (nSPS) is 11.7. The number of rotatable bonds is 4. The number of carbonyl (C=O) groups excluding carboxylic acids is 2. The Morgan fingerprint density at radius 3 is 1.95 bits per heavy atom. The third kappa shape index (κ3) is 3.91. The first-order chi connectivity index (χ1) is 8.82. The lowest BCUT2D eigenvalue weighted by atomic mass is 10.0. The molecule has 19 heavy (non-hydrogen) atoms. The van der Waals surface area contributed by atoms with E-state index < -0.39 is 11.9 Å². The largest absolute Gasteiger partial charge is 0.481 e. The number of anilines is 1. The molecule has 0 spiro atoms. The number of hydrogen-bond donors (Lipinski definition) is 1. The maximum Gasteiger partial charge on any atom is 0.306 e. The van der Waals surface area contributed by atoms with Crippen molar-refractivity contribution in [2.45, 2.75) is 27.2 Å². The zero-order valence-corrected chi connectivity index (χ0v) is 11.2. The number of nitrogens with zero attached hydrogens (tertiary/aromatic N) is 1. The Kier molecular flexibility index (Phi) is 4.80. The van der Waals surface area contributed by atoms with Crippen molar-refractivity contribution in [2.75, 3.05) is 4.90 Å². The number of amides is 2. The summed E-state index contributed by atoms with van der Waals surface area (Å²) < 4.78 is 0. The number of carboxylic acids is 1. The molecule has 0 bridgehead atoms. The van der Waals surface area contributed by atoms with Gasteiger partial charge in [0.2, 0.25) is 11.8 Å². The standard InChI is InChI=1S/C14H17NO4/c1-9(14(18)19)8-12-4-6-13(7-5-12)15(10(2)16)11(3)17/h4-7,9H,8H2,1-3H3,(H,18,19). The SMILES string of the molecule is CC(=O)N(C(C)=O)c1ccc(CC(C)C(=O)O)cc1. The first-order valence-electron chi connectivity index (χ1n) is 5.96. The Hall–Kier alpha value is -2.17. The molecule has 1 aromatic carbocycles. The summed E-state index contributed by atoms with van der Waals surface area (Å²) >= 11 is 0. The Morgan fingerprint density at radius 1 is 1.11 bits per heavy atom. The van der Waals surface area contributed by atoms with E-state index in [2.05, 4.69) is 0 Å². The second-order valence-corrected chi connectivity index (χ2v) is 4.48. The lowest BCUT2D eigenvalue weighted by Crippen LogP contribution is -2.32. The molecule has 0 fully saturated rings. The van der Waals surface area contributed by atoms with Crippen LogP contribution in [-0.4, -0.2) is 22.9 Å². The molecule has 0 aliphatic rings. The molecule has 0 aliphatic carbocycles. The summed E-state index contributed by atoms with van der Waals surface area (Å²) in [5, 5.41) is 8.83. The van der Waals surface area contributed by atoms with Crippen molar-refractivity contribution in [3.05, 3.63) is 29.8 Å². The summed E-state index contributed by atoms with van der Waals surface area (Å²) in [6, 6.07) is 6.75. The fourth-order valence-corrected chi connectivity index (χ4v) is 1.81. The van der Waals surface area contributed by atoms with Crippen LogP contribution in [-0.2, 0) is 20.8 Å². The highest BCUT2D eigenvalue weighted by atomic mass is 16.4. The van der Waals surface area contributed by atoms with E-state index in [1.807, 2.05) is 0 Å². The summed E-state index contributed by atoms with van der Waals surface area (Å²) in [5.74, 6) is -2.01. The summed E-state index contributed by atoms with van der Waals surface area (Å²) in [6.07, 6.45) is 0.412. The molecule has 1 atom stereocenters. The lowest BCUT2D eigenvalue weighted by molar-refractivity contribution is -0.141. The summed E-state index contributed by atoms with van der Waals surface area (Å²) in [5.41, 5.74) is 1.34. The van der Waals surface area contributed by atoms with Crippen molar-refractivity contribution in [3.63, 3.8) is 0 Å². The van der Waals surface area contributed by atoms with Gasteiger partial charge in [0.05, 0.1) is 11.6 Å². The van der Waals surface area contributed by atoms with Crippen LogP contribution in [0.15, 0.2) is 24.3 Å². The quantitative estimate of drug-likeness (QED) is 0.899. The molecule has 1 N–H and O–H groups in total. The smallest absolute Gasteiger partial charge is 0.306 e. The van der Waals surface area contributed by atoms with Gasteiger partial charge in [0.15, 0.2) is 0 Å². The average molecular weight is 263 g/mol. The van der Waals surface area contributed by atoms with Gasteiger partial charge in [0, 0.05) is 13.8 Å². The van der Waals surface area contributed by atoms with Gasteiger partial charge in [-0.05, 0) is 24.1 Å². The van der Waals surface area contributed by atoms with Crippen molar-refractivity contribution < 1.29 is 19.5 Å². The molecule has 0 radical (unpaired) electrons. The molecule has 5 nitrogen and oxygen atoms in total. The molecule has 0 heterocycles. The molecular weight excluding hydrogens is 246 g/mol. The maximum atomic E-state index is 11.4. The number of benzene rings is 1. The third-order valence-corrected chi connectivity index (χ3v) is 2.79. The maximum absolute atomic E-state index is 11.4. The number of imide groups is 1. The van der Waals surface area contributed by atoms with Gasteiger partial charge in [-0.1, -0.05) is 19.1 Å². The van der Waals surface area contributed by atoms with Gasteiger partial charge in [-0.25, -0.2) is 0 Å². The van der Waals surface area contributed by atoms with E-state index in [-0.39, 0.29) is 11.8 Å². The highest BCUT2D eigenvalue weighted by Gasteiger charge is 2.16. The Labute approximate surface area is 111 Å². The lowest BCUT2D eigenvalue weighted by Gasteiger charge is -2.17. The molecule has 1 unspecified atom stereocenters. The zero-order valence-electron chi connectivity index (χ0n) is 11.2. The molecular formula is C14H17NO4. The minimum atomic E-state index is -0.849. The average Bonchev–Trinajstić information content (AvgIpc) is 2.30. The predicted octanol–water partition coefficient (Wildman–Crippen LogP) is 1.85. The zero-order chi connectivity index (χ0) is 14.6. The fraction of sp³-hybridized carbons (Fsp3) is 0.357. The highest BCUT2D eigenvalue weighted by Crippen LogP contribution is 2.18. The fourth-order valence-electron chi connectivity index (χ4n) is 1.81. The van der Waals surface area contributed by atoms with Crippen LogP contribution in [0.4, 0.5) is 5.69 Å². The van der Waals surface area contributed by atoms with E-state index in [4.69, 9.17) is 5.11 Å². The van der Waals surface area contributed by atoms with E-state index in [0.29, 0.717) is 12.1 Å².